The first-order chi connectivity index (χ1) is 13.8. The van der Waals surface area contributed by atoms with E-state index in [0.717, 1.165) is 5.56 Å². The number of nitrogens with zero attached hydrogens (tertiary/aromatic N) is 1. The van der Waals surface area contributed by atoms with Crippen LogP contribution in [0.5, 0.6) is 0 Å². The molecule has 0 aromatic heterocycles. The van der Waals surface area contributed by atoms with Crippen LogP contribution in [0.1, 0.15) is 18.4 Å². The summed E-state index contributed by atoms with van der Waals surface area (Å²) in [6.07, 6.45) is 1.18. The highest BCUT2D eigenvalue weighted by Gasteiger charge is 2.35. The molecule has 1 aromatic rings. The second kappa shape index (κ2) is 10.8. The molecule has 2 rings (SSSR count). The minimum Gasteiger partial charge on any atom is -0.480 e. The van der Waals surface area contributed by atoms with Gasteiger partial charge in [-0.25, -0.2) is 4.79 Å². The fourth-order valence-electron chi connectivity index (χ4n) is 3.13. The van der Waals surface area contributed by atoms with Crippen molar-refractivity contribution in [2.75, 3.05) is 18.8 Å². The maximum atomic E-state index is 12.7. The molecule has 1 saturated heterocycles. The average molecular weight is 423 g/mol. The van der Waals surface area contributed by atoms with Gasteiger partial charge >= 0.3 is 5.97 Å². The van der Waals surface area contributed by atoms with Gasteiger partial charge in [-0.05, 0) is 18.4 Å². The molecule has 9 nitrogen and oxygen atoms in total. The number of nitrogens with one attached hydrogen (secondary N) is 2. The number of carbonyl (C=O) groups excluding carboxylic acids is 3. The Hall–Kier alpha value is -2.59. The normalized spacial score (nSPS) is 18.0. The van der Waals surface area contributed by atoms with Gasteiger partial charge in [-0.3, -0.25) is 14.4 Å². The van der Waals surface area contributed by atoms with Crippen LogP contribution in [0.15, 0.2) is 30.3 Å². The Balaban J connectivity index is 1.96. The Morgan fingerprint density at radius 1 is 1.24 bits per heavy atom. The van der Waals surface area contributed by atoms with Crippen molar-refractivity contribution in [3.8, 4) is 0 Å². The third-order valence-corrected chi connectivity index (χ3v) is 5.11. The largest absolute Gasteiger partial charge is 0.480 e. The molecule has 158 valence electrons. The molecule has 1 fully saturated rings. The molecular formula is C19H26N4O5S. The quantitative estimate of drug-likeness (QED) is 0.329. The van der Waals surface area contributed by atoms with Crippen molar-refractivity contribution in [3.63, 3.8) is 0 Å². The summed E-state index contributed by atoms with van der Waals surface area (Å²) in [5.41, 5.74) is 6.33. The van der Waals surface area contributed by atoms with E-state index in [2.05, 4.69) is 23.3 Å². The number of thiol groups is 1. The minimum atomic E-state index is -1.15. The highest BCUT2D eigenvalue weighted by Crippen LogP contribution is 2.18. The van der Waals surface area contributed by atoms with E-state index in [9.17, 15) is 24.3 Å². The number of rotatable bonds is 9. The third kappa shape index (κ3) is 6.47. The highest BCUT2D eigenvalue weighted by atomic mass is 32.1. The van der Waals surface area contributed by atoms with Gasteiger partial charge in [0.25, 0.3) is 0 Å². The van der Waals surface area contributed by atoms with Gasteiger partial charge in [0, 0.05) is 18.7 Å². The first kappa shape index (κ1) is 22.7. The van der Waals surface area contributed by atoms with Crippen LogP contribution in [-0.2, 0) is 25.6 Å². The molecule has 3 amide bonds. The lowest BCUT2D eigenvalue weighted by molar-refractivity contribution is -0.144. The number of aliphatic carboxylic acids is 1. The van der Waals surface area contributed by atoms with Crippen LogP contribution < -0.4 is 16.4 Å². The number of carboxylic acid groups (broad SMARTS) is 1. The summed E-state index contributed by atoms with van der Waals surface area (Å²) in [4.78, 5) is 49.8. The predicted molar refractivity (Wildman–Crippen MR) is 109 cm³/mol. The van der Waals surface area contributed by atoms with Gasteiger partial charge in [-0.2, -0.15) is 12.6 Å². The van der Waals surface area contributed by atoms with Crippen LogP contribution in [0.25, 0.3) is 0 Å². The van der Waals surface area contributed by atoms with Crippen LogP contribution in [0.3, 0.4) is 0 Å². The van der Waals surface area contributed by atoms with E-state index >= 15 is 0 Å². The Bertz CT molecular complexity index is 745. The summed E-state index contributed by atoms with van der Waals surface area (Å²) in [5.74, 6) is -2.43. The van der Waals surface area contributed by atoms with Crippen molar-refractivity contribution < 1.29 is 24.3 Å². The standard InChI is InChI=1S/C19H26N4O5S/c20-13(11-29)17(25)21-10-16(24)23-8-4-7-15(23)18(26)22-14(19(27)28)9-12-5-2-1-3-6-12/h1-3,5-6,13-15,29H,4,7-11,20H2,(H,21,25)(H,22,26)(H,27,28). The molecule has 3 atom stereocenters. The van der Waals surface area contributed by atoms with Crippen molar-refractivity contribution >= 4 is 36.3 Å². The number of carboxylic acids is 1. The number of amides is 3. The highest BCUT2D eigenvalue weighted by molar-refractivity contribution is 7.80. The smallest absolute Gasteiger partial charge is 0.326 e. The number of nitrogens with two attached hydrogens (primary N) is 1. The van der Waals surface area contributed by atoms with Crippen molar-refractivity contribution in [2.24, 2.45) is 5.73 Å². The zero-order valence-corrected chi connectivity index (χ0v) is 16.8. The molecule has 0 spiro atoms. The van der Waals surface area contributed by atoms with Crippen molar-refractivity contribution in [2.45, 2.75) is 37.4 Å². The van der Waals surface area contributed by atoms with Crippen LogP contribution >= 0.6 is 12.6 Å². The summed E-state index contributed by atoms with van der Waals surface area (Å²) in [7, 11) is 0. The van der Waals surface area contributed by atoms with E-state index in [-0.39, 0.29) is 18.7 Å². The lowest BCUT2D eigenvalue weighted by Crippen LogP contribution is -2.53. The topological polar surface area (TPSA) is 142 Å². The third-order valence-electron chi connectivity index (χ3n) is 4.72. The molecule has 3 unspecified atom stereocenters. The SMILES string of the molecule is NC(CS)C(=O)NCC(=O)N1CCCC1C(=O)NC(Cc1ccccc1)C(=O)O. The second-order valence-corrected chi connectivity index (χ2v) is 7.21. The van der Waals surface area contributed by atoms with Crippen molar-refractivity contribution in [1.82, 2.24) is 15.5 Å². The number of hydrogen-bond acceptors (Lipinski definition) is 6. The lowest BCUT2D eigenvalue weighted by atomic mass is 10.1. The van der Waals surface area contributed by atoms with Gasteiger partial charge in [0.05, 0.1) is 12.6 Å². The predicted octanol–water partition coefficient (Wildman–Crippen LogP) is -0.837. The number of hydrogen-bond donors (Lipinski definition) is 5. The molecule has 29 heavy (non-hydrogen) atoms. The molecule has 10 heteroatoms. The number of likely N-dealkylation sites (tertiary alicyclic amines) is 1. The van der Waals surface area contributed by atoms with E-state index in [1.54, 1.807) is 24.3 Å². The van der Waals surface area contributed by atoms with E-state index in [1.165, 1.54) is 4.90 Å². The molecule has 0 saturated carbocycles. The van der Waals surface area contributed by atoms with Crippen LogP contribution in [-0.4, -0.2) is 70.7 Å². The second-order valence-electron chi connectivity index (χ2n) is 6.84. The Kier molecular flexibility index (Phi) is 8.47. The van der Waals surface area contributed by atoms with Gasteiger partial charge in [0.15, 0.2) is 0 Å². The maximum absolute atomic E-state index is 12.7. The van der Waals surface area contributed by atoms with Crippen LogP contribution in [0.4, 0.5) is 0 Å². The monoisotopic (exact) mass is 422 g/mol. The molecular weight excluding hydrogens is 396 g/mol. The minimum absolute atomic E-state index is 0.139. The van der Waals surface area contributed by atoms with Crippen LogP contribution in [0, 0.1) is 0 Å². The van der Waals surface area contributed by atoms with E-state index < -0.39 is 41.8 Å². The first-order valence-corrected chi connectivity index (χ1v) is 9.97. The molecule has 1 aromatic carbocycles. The Labute approximate surface area is 174 Å². The molecule has 1 aliphatic heterocycles. The fraction of sp³-hybridized carbons (Fsp3) is 0.474. The first-order valence-electron chi connectivity index (χ1n) is 9.34. The van der Waals surface area contributed by atoms with Crippen molar-refractivity contribution in [3.05, 3.63) is 35.9 Å². The molecule has 5 N–H and O–H groups in total. The van der Waals surface area contributed by atoms with E-state index in [0.29, 0.717) is 19.4 Å². The molecule has 1 heterocycles. The summed E-state index contributed by atoms with van der Waals surface area (Å²) >= 11 is 3.93. The average Bonchev–Trinajstić information content (AvgIpc) is 3.21. The van der Waals surface area contributed by atoms with E-state index in [4.69, 9.17) is 5.73 Å². The van der Waals surface area contributed by atoms with Gasteiger partial charge in [0.1, 0.15) is 12.1 Å². The van der Waals surface area contributed by atoms with Gasteiger partial charge in [-0.15, -0.1) is 0 Å². The number of benzene rings is 1. The summed E-state index contributed by atoms with van der Waals surface area (Å²) in [6, 6.07) is 6.28. The fourth-order valence-corrected chi connectivity index (χ4v) is 3.30. The molecule has 1 aliphatic rings. The van der Waals surface area contributed by atoms with Gasteiger partial charge in [0.2, 0.25) is 17.7 Å². The molecule has 0 aliphatic carbocycles. The number of carbonyl (C=O) groups is 4. The zero-order valence-electron chi connectivity index (χ0n) is 15.9. The maximum Gasteiger partial charge on any atom is 0.326 e. The molecule has 0 bridgehead atoms. The summed E-state index contributed by atoms with van der Waals surface area (Å²) in [5, 5.41) is 14.4. The van der Waals surface area contributed by atoms with Gasteiger partial charge in [-0.1, -0.05) is 30.3 Å². The Morgan fingerprint density at radius 2 is 1.93 bits per heavy atom. The van der Waals surface area contributed by atoms with E-state index in [1.807, 2.05) is 6.07 Å². The Morgan fingerprint density at radius 3 is 2.55 bits per heavy atom. The summed E-state index contributed by atoms with van der Waals surface area (Å²) < 4.78 is 0. The zero-order chi connectivity index (χ0) is 21.4. The lowest BCUT2D eigenvalue weighted by Gasteiger charge is -2.26. The molecule has 0 radical (unpaired) electrons. The summed E-state index contributed by atoms with van der Waals surface area (Å²) in [6.45, 7) is 0.0816. The van der Waals surface area contributed by atoms with Crippen molar-refractivity contribution in [1.29, 1.82) is 0 Å². The van der Waals surface area contributed by atoms with Gasteiger partial charge < -0.3 is 26.4 Å². The van der Waals surface area contributed by atoms with Crippen LogP contribution in [0.2, 0.25) is 0 Å².